The fourth-order valence-corrected chi connectivity index (χ4v) is 3.25. The molecule has 0 aliphatic carbocycles. The molecule has 0 radical (unpaired) electrons. The zero-order chi connectivity index (χ0) is 18.9. The highest BCUT2D eigenvalue weighted by Crippen LogP contribution is 2.32. The molecule has 2 aromatic rings. The highest BCUT2D eigenvalue weighted by atomic mass is 79.9. The Morgan fingerprint density at radius 3 is 2.92 bits per heavy atom. The van der Waals surface area contributed by atoms with Crippen LogP contribution in [0.4, 0.5) is 10.1 Å². The van der Waals surface area contributed by atoms with Crippen molar-refractivity contribution in [2.45, 2.75) is 18.9 Å². The summed E-state index contributed by atoms with van der Waals surface area (Å²) in [5, 5.41) is 19.8. The van der Waals surface area contributed by atoms with Crippen molar-refractivity contribution < 1.29 is 19.0 Å². The molecule has 2 aromatic carbocycles. The van der Waals surface area contributed by atoms with Gasteiger partial charge in [0, 0.05) is 16.7 Å². The molecular formula is C19H16BrFN2O3. The van der Waals surface area contributed by atoms with Gasteiger partial charge in [0.1, 0.15) is 6.61 Å². The minimum absolute atomic E-state index is 0.0464. The van der Waals surface area contributed by atoms with Crippen molar-refractivity contribution >= 4 is 27.5 Å². The van der Waals surface area contributed by atoms with Gasteiger partial charge in [0.05, 0.1) is 11.6 Å². The molecule has 0 unspecified atom stereocenters. The second kappa shape index (κ2) is 7.06. The van der Waals surface area contributed by atoms with Crippen molar-refractivity contribution in [1.29, 1.82) is 5.26 Å². The molecule has 134 valence electrons. The molecule has 0 fully saturated rings. The number of nitriles is 1. The Labute approximate surface area is 158 Å². The van der Waals surface area contributed by atoms with E-state index in [0.717, 1.165) is 5.56 Å². The largest absolute Gasteiger partial charge is 0.487 e. The summed E-state index contributed by atoms with van der Waals surface area (Å²) in [5.41, 5.74) is 0.0813. The van der Waals surface area contributed by atoms with E-state index in [2.05, 4.69) is 22.0 Å². The number of aliphatic hydroxyl groups is 1. The first-order valence-corrected chi connectivity index (χ1v) is 8.77. The first-order chi connectivity index (χ1) is 12.3. The molecule has 0 saturated carbocycles. The lowest BCUT2D eigenvalue weighted by molar-refractivity contribution is -0.137. The lowest BCUT2D eigenvalue weighted by atomic mass is 10.0. The highest BCUT2D eigenvalue weighted by Gasteiger charge is 2.39. The Kier molecular flexibility index (Phi) is 4.99. The van der Waals surface area contributed by atoms with E-state index in [1.807, 2.05) is 0 Å². The fourth-order valence-electron chi connectivity index (χ4n) is 2.91. The van der Waals surface area contributed by atoms with E-state index in [1.165, 1.54) is 24.0 Å². The van der Waals surface area contributed by atoms with E-state index in [0.29, 0.717) is 28.7 Å². The Balaban J connectivity index is 1.77. The van der Waals surface area contributed by atoms with Gasteiger partial charge in [-0.05, 0) is 49.2 Å². The van der Waals surface area contributed by atoms with Gasteiger partial charge in [-0.3, -0.25) is 4.79 Å². The van der Waals surface area contributed by atoms with Crippen LogP contribution >= 0.6 is 15.9 Å². The number of hydrogen-bond acceptors (Lipinski definition) is 4. The molecule has 1 heterocycles. The second-order valence-electron chi connectivity index (χ2n) is 6.26. The molecule has 26 heavy (non-hydrogen) atoms. The summed E-state index contributed by atoms with van der Waals surface area (Å²) in [7, 11) is 0. The number of rotatable bonds is 4. The molecule has 5 nitrogen and oxygen atoms in total. The van der Waals surface area contributed by atoms with Gasteiger partial charge in [-0.2, -0.15) is 5.26 Å². The molecule has 1 N–H and O–H groups in total. The van der Waals surface area contributed by atoms with Crippen molar-refractivity contribution in [2.75, 3.05) is 18.1 Å². The van der Waals surface area contributed by atoms with Crippen molar-refractivity contribution in [3.05, 3.63) is 57.8 Å². The van der Waals surface area contributed by atoms with Crippen molar-refractivity contribution in [3.63, 3.8) is 0 Å². The molecule has 1 atom stereocenters. The quantitative estimate of drug-likeness (QED) is 0.827. The summed E-state index contributed by atoms with van der Waals surface area (Å²) < 4.78 is 19.7. The molecule has 7 heteroatoms. The maximum atomic E-state index is 13.8. The van der Waals surface area contributed by atoms with Crippen LogP contribution in [0.15, 0.2) is 40.9 Å². The Bertz CT molecular complexity index is 908. The van der Waals surface area contributed by atoms with Gasteiger partial charge in [-0.1, -0.05) is 22.0 Å². The second-order valence-corrected chi connectivity index (χ2v) is 7.17. The number of benzene rings is 2. The van der Waals surface area contributed by atoms with Crippen LogP contribution in [0.1, 0.15) is 18.1 Å². The summed E-state index contributed by atoms with van der Waals surface area (Å²) in [6, 6.07) is 11.5. The van der Waals surface area contributed by atoms with Crippen LogP contribution in [-0.4, -0.2) is 29.8 Å². The first kappa shape index (κ1) is 18.4. The number of hydrogen-bond donors (Lipinski definition) is 1. The van der Waals surface area contributed by atoms with Crippen LogP contribution in [0.3, 0.4) is 0 Å². The molecule has 0 saturated heterocycles. The highest BCUT2D eigenvalue weighted by molar-refractivity contribution is 9.10. The Morgan fingerprint density at radius 2 is 2.23 bits per heavy atom. The van der Waals surface area contributed by atoms with Gasteiger partial charge in [-0.15, -0.1) is 0 Å². The molecule has 3 rings (SSSR count). The van der Waals surface area contributed by atoms with Crippen LogP contribution in [0.2, 0.25) is 0 Å². The number of nitrogens with zero attached hydrogens (tertiary/aromatic N) is 2. The fraction of sp³-hybridized carbons (Fsp3) is 0.263. The zero-order valence-electron chi connectivity index (χ0n) is 14.0. The van der Waals surface area contributed by atoms with E-state index >= 15 is 0 Å². The van der Waals surface area contributed by atoms with Crippen LogP contribution in [-0.2, 0) is 11.2 Å². The summed E-state index contributed by atoms with van der Waals surface area (Å²) in [6.07, 6.45) is 0.545. The van der Waals surface area contributed by atoms with Gasteiger partial charge in [-0.25, -0.2) is 4.39 Å². The molecule has 0 bridgehead atoms. The summed E-state index contributed by atoms with van der Waals surface area (Å²) in [4.78, 5) is 14.2. The van der Waals surface area contributed by atoms with Crippen LogP contribution < -0.4 is 9.64 Å². The summed E-state index contributed by atoms with van der Waals surface area (Å²) >= 11 is 3.15. The van der Waals surface area contributed by atoms with E-state index in [1.54, 1.807) is 24.3 Å². The maximum absolute atomic E-state index is 13.8. The SMILES string of the molecule is C[C@](O)(COc1ccc(Br)cc1F)C(=O)N1CCc2c(C#N)cccc21. The van der Waals surface area contributed by atoms with Gasteiger partial charge in [0.15, 0.2) is 17.2 Å². The third kappa shape index (κ3) is 3.43. The van der Waals surface area contributed by atoms with Crippen molar-refractivity contribution in [3.8, 4) is 11.8 Å². The van der Waals surface area contributed by atoms with Gasteiger partial charge in [0.25, 0.3) is 5.91 Å². The average molecular weight is 419 g/mol. The number of carbonyl (C=O) groups excluding carboxylic acids is 1. The van der Waals surface area contributed by atoms with E-state index in [9.17, 15) is 19.6 Å². The predicted molar refractivity (Wildman–Crippen MR) is 97.4 cm³/mol. The maximum Gasteiger partial charge on any atom is 0.262 e. The number of fused-ring (bicyclic) bond motifs is 1. The van der Waals surface area contributed by atoms with E-state index in [-0.39, 0.29) is 5.75 Å². The van der Waals surface area contributed by atoms with E-state index in [4.69, 9.17) is 4.74 Å². The van der Waals surface area contributed by atoms with Crippen LogP contribution in [0, 0.1) is 17.1 Å². The summed E-state index contributed by atoms with van der Waals surface area (Å²) in [5.74, 6) is -1.19. The Hall–Kier alpha value is -2.43. The van der Waals surface area contributed by atoms with Crippen molar-refractivity contribution in [1.82, 2.24) is 0 Å². The number of carbonyl (C=O) groups is 1. The van der Waals surface area contributed by atoms with Gasteiger partial charge in [0.2, 0.25) is 0 Å². The lowest BCUT2D eigenvalue weighted by Gasteiger charge is -2.28. The average Bonchev–Trinajstić information content (AvgIpc) is 3.04. The minimum Gasteiger partial charge on any atom is -0.487 e. The third-order valence-corrected chi connectivity index (χ3v) is 4.75. The predicted octanol–water partition coefficient (Wildman–Crippen LogP) is 3.18. The van der Waals surface area contributed by atoms with Gasteiger partial charge >= 0.3 is 0 Å². The molecule has 0 spiro atoms. The monoisotopic (exact) mass is 418 g/mol. The molecular weight excluding hydrogens is 403 g/mol. The molecule has 0 aromatic heterocycles. The first-order valence-electron chi connectivity index (χ1n) is 7.97. The Morgan fingerprint density at radius 1 is 1.46 bits per heavy atom. The summed E-state index contributed by atoms with van der Waals surface area (Å²) in [6.45, 7) is 1.31. The van der Waals surface area contributed by atoms with Crippen LogP contribution in [0.25, 0.3) is 0 Å². The minimum atomic E-state index is -1.84. The normalized spacial score (nSPS) is 15.1. The molecule has 1 aliphatic rings. The topological polar surface area (TPSA) is 73.6 Å². The van der Waals surface area contributed by atoms with Crippen LogP contribution in [0.5, 0.6) is 5.75 Å². The van der Waals surface area contributed by atoms with E-state index < -0.39 is 23.9 Å². The number of halogens is 2. The van der Waals surface area contributed by atoms with Crippen molar-refractivity contribution in [2.24, 2.45) is 0 Å². The van der Waals surface area contributed by atoms with Gasteiger partial charge < -0.3 is 14.7 Å². The number of ether oxygens (including phenoxy) is 1. The third-order valence-electron chi connectivity index (χ3n) is 4.26. The smallest absolute Gasteiger partial charge is 0.262 e. The number of anilines is 1. The zero-order valence-corrected chi connectivity index (χ0v) is 15.6. The lowest BCUT2D eigenvalue weighted by Crippen LogP contribution is -2.50. The standard InChI is InChI=1S/C19H16BrFN2O3/c1-19(25,11-26-17-6-5-13(20)9-15(17)21)18(24)23-8-7-14-12(10-22)3-2-4-16(14)23/h2-6,9,25H,7-8,11H2,1H3/t19-/m0/s1. The molecule has 1 aliphatic heterocycles. The molecule has 1 amide bonds. The number of amides is 1.